The molecule has 1 aromatic carbocycles. The average Bonchev–Trinajstić information content (AvgIpc) is 3.09. The van der Waals surface area contributed by atoms with Crippen LogP contribution in [0.1, 0.15) is 27.9 Å². The number of benzene rings is 1. The second-order valence-electron chi connectivity index (χ2n) is 8.12. The van der Waals surface area contributed by atoms with E-state index < -0.39 is 0 Å². The Morgan fingerprint density at radius 3 is 2.57 bits per heavy atom. The summed E-state index contributed by atoms with van der Waals surface area (Å²) in [7, 11) is 1.99. The van der Waals surface area contributed by atoms with Crippen molar-refractivity contribution < 1.29 is 9.59 Å². The smallest absolute Gasteiger partial charge is 0.253 e. The van der Waals surface area contributed by atoms with Crippen molar-refractivity contribution in [1.82, 2.24) is 14.8 Å². The van der Waals surface area contributed by atoms with Gasteiger partial charge in [0.2, 0.25) is 5.91 Å². The number of aromatic nitrogens is 1. The molecule has 6 nitrogen and oxygen atoms in total. The molecule has 2 fully saturated rings. The van der Waals surface area contributed by atoms with Gasteiger partial charge < -0.3 is 9.80 Å². The summed E-state index contributed by atoms with van der Waals surface area (Å²) in [4.78, 5) is 35.8. The largest absolute Gasteiger partial charge is 0.337 e. The first-order valence-corrected chi connectivity index (χ1v) is 9.67. The normalized spacial score (nSPS) is 22.9. The molecular formula is C22H26N4O2. The molecule has 2 aromatic rings. The number of hydrogen-bond acceptors (Lipinski definition) is 4. The van der Waals surface area contributed by atoms with Gasteiger partial charge in [0.25, 0.3) is 5.91 Å². The summed E-state index contributed by atoms with van der Waals surface area (Å²) < 4.78 is 0. The van der Waals surface area contributed by atoms with Crippen molar-refractivity contribution in [2.45, 2.75) is 25.8 Å². The number of piperazine rings is 1. The molecule has 1 unspecified atom stereocenters. The van der Waals surface area contributed by atoms with E-state index >= 15 is 0 Å². The maximum absolute atomic E-state index is 13.1. The van der Waals surface area contributed by atoms with Crippen molar-refractivity contribution in [2.24, 2.45) is 0 Å². The van der Waals surface area contributed by atoms with Crippen molar-refractivity contribution >= 4 is 17.5 Å². The minimum absolute atomic E-state index is 0.0696. The number of anilines is 1. The molecule has 2 amide bonds. The summed E-state index contributed by atoms with van der Waals surface area (Å²) in [6.45, 7) is 6.28. The molecule has 146 valence electrons. The topological polar surface area (TPSA) is 56.8 Å². The van der Waals surface area contributed by atoms with Gasteiger partial charge in [0.05, 0.1) is 24.0 Å². The highest BCUT2D eigenvalue weighted by molar-refractivity contribution is 5.97. The van der Waals surface area contributed by atoms with Crippen LogP contribution in [0.5, 0.6) is 0 Å². The number of rotatable bonds is 2. The third-order valence-corrected chi connectivity index (χ3v) is 5.98. The Balaban J connectivity index is 1.57. The second kappa shape index (κ2) is 7.02. The molecule has 0 aliphatic carbocycles. The predicted molar refractivity (Wildman–Crippen MR) is 108 cm³/mol. The number of pyridine rings is 1. The molecule has 4 rings (SSSR count). The van der Waals surface area contributed by atoms with Crippen LogP contribution in [0.25, 0.3) is 0 Å². The molecule has 2 aliphatic rings. The molecule has 0 saturated carbocycles. The summed E-state index contributed by atoms with van der Waals surface area (Å²) in [6, 6.07) is 9.75. The zero-order chi connectivity index (χ0) is 19.9. The molecule has 28 heavy (non-hydrogen) atoms. The predicted octanol–water partition coefficient (Wildman–Crippen LogP) is 2.26. The molecule has 0 N–H and O–H groups in total. The number of aryl methyl sites for hydroxylation is 2. The fourth-order valence-corrected chi connectivity index (χ4v) is 4.46. The number of carbonyl (C=O) groups is 2. The molecule has 0 bridgehead atoms. The summed E-state index contributed by atoms with van der Waals surface area (Å²) in [5.74, 6) is 0.141. The Kier molecular flexibility index (Phi) is 4.67. The van der Waals surface area contributed by atoms with E-state index in [1.807, 2.05) is 55.0 Å². The fraction of sp³-hybridized carbons (Fsp3) is 0.409. The molecule has 0 radical (unpaired) electrons. The lowest BCUT2D eigenvalue weighted by Crippen LogP contribution is -2.64. The van der Waals surface area contributed by atoms with Crippen LogP contribution in [0.2, 0.25) is 0 Å². The quantitative estimate of drug-likeness (QED) is 0.804. The monoisotopic (exact) mass is 378 g/mol. The number of hydrogen-bond donors (Lipinski definition) is 0. The summed E-state index contributed by atoms with van der Waals surface area (Å²) in [5.41, 5.74) is 3.53. The van der Waals surface area contributed by atoms with Crippen LogP contribution in [0.15, 0.2) is 42.7 Å². The average molecular weight is 378 g/mol. The number of carbonyl (C=O) groups excluding carboxylic acids is 2. The highest BCUT2D eigenvalue weighted by atomic mass is 16.2. The third-order valence-electron chi connectivity index (χ3n) is 5.98. The van der Waals surface area contributed by atoms with Gasteiger partial charge in [-0.15, -0.1) is 0 Å². The van der Waals surface area contributed by atoms with Crippen molar-refractivity contribution in [2.75, 3.05) is 38.1 Å². The summed E-state index contributed by atoms with van der Waals surface area (Å²) >= 11 is 0. The number of likely N-dealkylation sites (N-methyl/N-ethyl adjacent to an activating group) is 1. The van der Waals surface area contributed by atoms with Crippen LogP contribution in [0.3, 0.4) is 0 Å². The lowest BCUT2D eigenvalue weighted by Gasteiger charge is -2.46. The SMILES string of the molecule is Cc1cc(C)cc(C(=O)N2CCC3(C2)CN(c2cccnc2)C(=O)CN3C)c1. The van der Waals surface area contributed by atoms with Gasteiger partial charge in [-0.3, -0.25) is 19.5 Å². The van der Waals surface area contributed by atoms with Crippen LogP contribution < -0.4 is 4.90 Å². The van der Waals surface area contributed by atoms with E-state index in [1.54, 1.807) is 12.4 Å². The van der Waals surface area contributed by atoms with Gasteiger partial charge in [0, 0.05) is 31.4 Å². The molecule has 1 aromatic heterocycles. The number of amides is 2. The van der Waals surface area contributed by atoms with Gasteiger partial charge in [-0.05, 0) is 51.6 Å². The van der Waals surface area contributed by atoms with Gasteiger partial charge in [-0.25, -0.2) is 0 Å². The van der Waals surface area contributed by atoms with E-state index in [-0.39, 0.29) is 17.4 Å². The Hall–Kier alpha value is -2.73. The van der Waals surface area contributed by atoms with Crippen LogP contribution in [-0.2, 0) is 4.79 Å². The van der Waals surface area contributed by atoms with E-state index in [9.17, 15) is 9.59 Å². The van der Waals surface area contributed by atoms with Crippen molar-refractivity contribution in [1.29, 1.82) is 0 Å². The Morgan fingerprint density at radius 1 is 1.14 bits per heavy atom. The zero-order valence-corrected chi connectivity index (χ0v) is 16.7. The maximum Gasteiger partial charge on any atom is 0.253 e. The van der Waals surface area contributed by atoms with Gasteiger partial charge in [0.1, 0.15) is 0 Å². The fourth-order valence-electron chi connectivity index (χ4n) is 4.46. The molecule has 3 heterocycles. The first kappa shape index (κ1) is 18.6. The highest BCUT2D eigenvalue weighted by Gasteiger charge is 2.48. The van der Waals surface area contributed by atoms with Gasteiger partial charge in [-0.1, -0.05) is 17.2 Å². The first-order valence-electron chi connectivity index (χ1n) is 9.67. The molecule has 2 aliphatic heterocycles. The first-order chi connectivity index (χ1) is 13.4. The van der Waals surface area contributed by atoms with Crippen LogP contribution in [-0.4, -0.2) is 65.4 Å². The summed E-state index contributed by atoms with van der Waals surface area (Å²) in [5, 5.41) is 0. The molecule has 1 atom stereocenters. The molecule has 1 spiro atoms. The molecule has 6 heteroatoms. The standard InChI is InChI=1S/C22H26N4O2/c1-16-9-17(2)11-18(10-16)21(28)25-8-6-22(14-25)15-26(20(27)13-24(22)3)19-5-4-7-23-12-19/h4-5,7,9-12H,6,8,13-15H2,1-3H3. The van der Waals surface area contributed by atoms with E-state index in [2.05, 4.69) is 16.0 Å². The number of nitrogens with zero attached hydrogens (tertiary/aromatic N) is 4. The Bertz CT molecular complexity index is 894. The van der Waals surface area contributed by atoms with Crippen molar-refractivity contribution in [3.63, 3.8) is 0 Å². The van der Waals surface area contributed by atoms with Crippen LogP contribution in [0, 0.1) is 13.8 Å². The lowest BCUT2D eigenvalue weighted by molar-refractivity contribution is -0.123. The van der Waals surface area contributed by atoms with Crippen molar-refractivity contribution in [3.8, 4) is 0 Å². The van der Waals surface area contributed by atoms with E-state index in [4.69, 9.17) is 0 Å². The zero-order valence-electron chi connectivity index (χ0n) is 16.7. The highest BCUT2D eigenvalue weighted by Crippen LogP contribution is 2.34. The van der Waals surface area contributed by atoms with Crippen molar-refractivity contribution in [3.05, 3.63) is 59.4 Å². The van der Waals surface area contributed by atoms with Gasteiger partial charge in [0.15, 0.2) is 0 Å². The van der Waals surface area contributed by atoms with Crippen LogP contribution >= 0.6 is 0 Å². The maximum atomic E-state index is 13.1. The Morgan fingerprint density at radius 2 is 1.89 bits per heavy atom. The van der Waals surface area contributed by atoms with Crippen LogP contribution in [0.4, 0.5) is 5.69 Å². The number of likely N-dealkylation sites (tertiary alicyclic amines) is 1. The molecule has 2 saturated heterocycles. The third kappa shape index (κ3) is 3.29. The Labute approximate surface area is 165 Å². The van der Waals surface area contributed by atoms with E-state index in [0.29, 0.717) is 26.2 Å². The summed E-state index contributed by atoms with van der Waals surface area (Å²) in [6.07, 6.45) is 4.29. The van der Waals surface area contributed by atoms with E-state index in [0.717, 1.165) is 28.8 Å². The minimum Gasteiger partial charge on any atom is -0.337 e. The minimum atomic E-state index is -0.224. The van der Waals surface area contributed by atoms with Gasteiger partial charge in [-0.2, -0.15) is 0 Å². The van der Waals surface area contributed by atoms with E-state index in [1.165, 1.54) is 0 Å². The molecular weight excluding hydrogens is 352 g/mol. The lowest BCUT2D eigenvalue weighted by atomic mass is 9.92. The van der Waals surface area contributed by atoms with Gasteiger partial charge >= 0.3 is 0 Å². The second-order valence-corrected chi connectivity index (χ2v) is 8.12.